The maximum atomic E-state index is 10.4. The molecule has 336 valence electrons. The third-order valence-corrected chi connectivity index (χ3v) is 7.84. The Labute approximate surface area is 327 Å². The Morgan fingerprint density at radius 3 is 1.43 bits per heavy atom. The highest BCUT2D eigenvalue weighted by molar-refractivity contribution is 4.70. The van der Waals surface area contributed by atoms with Crippen LogP contribution >= 0.6 is 0 Å². The summed E-state index contributed by atoms with van der Waals surface area (Å²) in [5.41, 5.74) is 0. The van der Waals surface area contributed by atoms with Crippen LogP contribution in [0.15, 0.2) is 0 Å². The van der Waals surface area contributed by atoms with Crippen LogP contribution in [0.2, 0.25) is 0 Å². The molecule has 1 rings (SSSR count). The van der Waals surface area contributed by atoms with Crippen molar-refractivity contribution in [2.24, 2.45) is 0 Å². The Balaban J connectivity index is 2.76. The van der Waals surface area contributed by atoms with Crippen LogP contribution in [0.25, 0.3) is 0 Å². The van der Waals surface area contributed by atoms with E-state index in [1.165, 1.54) is 0 Å². The van der Waals surface area contributed by atoms with Gasteiger partial charge in [0.15, 0.2) is 0 Å². The second-order valence-corrected chi connectivity index (χ2v) is 13.2. The summed E-state index contributed by atoms with van der Waals surface area (Å²) in [4.78, 5) is 0. The average molecular weight is 829 g/mol. The number of rotatable bonds is 38. The van der Waals surface area contributed by atoms with Gasteiger partial charge in [0.05, 0.1) is 145 Å². The van der Waals surface area contributed by atoms with Gasteiger partial charge in [0.1, 0.15) is 67.1 Å². The first-order valence-corrected chi connectivity index (χ1v) is 18.7. The SMILES string of the molecule is C[C@H](OCC(O)CO)C(O)COCC(O)COCC(COCC(COCC(O)COC(CO)CO)OCC1COC(CO)CO1)OC(CO)COCC(O)CO. The second-order valence-electron chi connectivity index (χ2n) is 13.2. The van der Waals surface area contributed by atoms with Crippen LogP contribution in [0.1, 0.15) is 6.92 Å². The molecule has 1 fully saturated rings. The lowest BCUT2D eigenvalue weighted by Crippen LogP contribution is -2.42. The van der Waals surface area contributed by atoms with Gasteiger partial charge < -0.3 is 108 Å². The molecule has 10 unspecified atom stereocenters. The molecule has 22 nitrogen and oxygen atoms in total. The zero-order valence-corrected chi connectivity index (χ0v) is 32.2. The minimum Gasteiger partial charge on any atom is -0.394 e. The van der Waals surface area contributed by atoms with Crippen molar-refractivity contribution in [2.45, 2.75) is 80.2 Å². The molecule has 0 aromatic heterocycles. The molecule has 0 aliphatic carbocycles. The predicted octanol–water partition coefficient (Wildman–Crippen LogP) is -6.46. The minimum absolute atomic E-state index is 0.0496. The van der Waals surface area contributed by atoms with Crippen LogP contribution in [0.3, 0.4) is 0 Å². The molecule has 0 aromatic carbocycles. The van der Waals surface area contributed by atoms with Crippen molar-refractivity contribution in [3.05, 3.63) is 0 Å². The Hall–Kier alpha value is -0.880. The molecule has 0 spiro atoms. The molecule has 1 heterocycles. The van der Waals surface area contributed by atoms with Gasteiger partial charge in [0.25, 0.3) is 0 Å². The Morgan fingerprint density at radius 2 is 0.893 bits per heavy atom. The molecular weight excluding hydrogens is 760 g/mol. The van der Waals surface area contributed by atoms with Gasteiger partial charge in [-0.1, -0.05) is 0 Å². The van der Waals surface area contributed by atoms with Crippen molar-refractivity contribution in [1.29, 1.82) is 0 Å². The lowest BCUT2D eigenvalue weighted by Gasteiger charge is -2.30. The molecule has 0 radical (unpaired) electrons. The number of hydrogen-bond acceptors (Lipinski definition) is 22. The van der Waals surface area contributed by atoms with Gasteiger partial charge in [-0.05, 0) is 6.92 Å². The van der Waals surface area contributed by atoms with E-state index in [1.807, 2.05) is 0 Å². The molecular formula is C34H68O22. The molecule has 0 saturated carbocycles. The maximum Gasteiger partial charge on any atom is 0.105 e. The van der Waals surface area contributed by atoms with Gasteiger partial charge in [-0.3, -0.25) is 0 Å². The van der Waals surface area contributed by atoms with E-state index in [-0.39, 0.29) is 106 Å². The van der Waals surface area contributed by atoms with Crippen LogP contribution in [0, 0.1) is 0 Å². The summed E-state index contributed by atoms with van der Waals surface area (Å²) in [6.45, 7) is -2.35. The number of aliphatic hydroxyl groups excluding tert-OH is 11. The van der Waals surface area contributed by atoms with E-state index in [2.05, 4.69) is 0 Å². The number of hydrogen-bond donors (Lipinski definition) is 11. The van der Waals surface area contributed by atoms with Gasteiger partial charge in [-0.2, -0.15) is 0 Å². The van der Waals surface area contributed by atoms with Crippen LogP contribution < -0.4 is 0 Å². The van der Waals surface area contributed by atoms with Gasteiger partial charge >= 0.3 is 0 Å². The van der Waals surface area contributed by atoms with Crippen LogP contribution in [0.5, 0.6) is 0 Å². The maximum absolute atomic E-state index is 10.4. The van der Waals surface area contributed by atoms with E-state index in [1.54, 1.807) is 6.92 Å². The summed E-state index contributed by atoms with van der Waals surface area (Å²) in [5, 5.41) is 105. The van der Waals surface area contributed by atoms with Crippen molar-refractivity contribution in [1.82, 2.24) is 0 Å². The number of aliphatic hydroxyl groups is 11. The summed E-state index contributed by atoms with van der Waals surface area (Å²) in [7, 11) is 0. The van der Waals surface area contributed by atoms with E-state index < -0.39 is 106 Å². The smallest absolute Gasteiger partial charge is 0.105 e. The molecule has 11 N–H and O–H groups in total. The topological polar surface area (TPSA) is 324 Å². The quantitative estimate of drug-likeness (QED) is 0.0276. The molecule has 22 heteroatoms. The minimum atomic E-state index is -1.12. The zero-order valence-electron chi connectivity index (χ0n) is 32.2. The lowest BCUT2D eigenvalue weighted by atomic mass is 10.2. The fourth-order valence-electron chi connectivity index (χ4n) is 4.49. The Kier molecular flexibility index (Phi) is 32.2. The van der Waals surface area contributed by atoms with Crippen LogP contribution in [-0.4, -0.2) is 268 Å². The van der Waals surface area contributed by atoms with Gasteiger partial charge in [-0.15, -0.1) is 0 Å². The van der Waals surface area contributed by atoms with E-state index in [9.17, 15) is 35.7 Å². The molecule has 0 bridgehead atoms. The largest absolute Gasteiger partial charge is 0.394 e. The number of ether oxygens (including phenoxy) is 11. The molecule has 1 aliphatic heterocycles. The third kappa shape index (κ3) is 26.3. The fourth-order valence-corrected chi connectivity index (χ4v) is 4.49. The van der Waals surface area contributed by atoms with Crippen LogP contribution in [-0.2, 0) is 52.1 Å². The van der Waals surface area contributed by atoms with Gasteiger partial charge in [-0.25, -0.2) is 0 Å². The fraction of sp³-hybridized carbons (Fsp3) is 1.00. The van der Waals surface area contributed by atoms with E-state index >= 15 is 0 Å². The molecule has 11 atom stereocenters. The first-order chi connectivity index (χ1) is 27.0. The van der Waals surface area contributed by atoms with E-state index in [0.717, 1.165) is 0 Å². The monoisotopic (exact) mass is 828 g/mol. The molecule has 0 amide bonds. The summed E-state index contributed by atoms with van der Waals surface area (Å²) < 4.78 is 61.5. The average Bonchev–Trinajstić information content (AvgIpc) is 3.21. The molecule has 0 aromatic rings. The highest BCUT2D eigenvalue weighted by Crippen LogP contribution is 2.11. The summed E-state index contributed by atoms with van der Waals surface area (Å²) in [6, 6.07) is 0. The highest BCUT2D eigenvalue weighted by atomic mass is 16.6. The van der Waals surface area contributed by atoms with Crippen molar-refractivity contribution in [3.63, 3.8) is 0 Å². The van der Waals surface area contributed by atoms with Crippen LogP contribution in [0.4, 0.5) is 0 Å². The zero-order chi connectivity index (χ0) is 41.6. The lowest BCUT2D eigenvalue weighted by molar-refractivity contribution is -0.177. The van der Waals surface area contributed by atoms with Crippen molar-refractivity contribution >= 4 is 0 Å². The Morgan fingerprint density at radius 1 is 0.446 bits per heavy atom. The highest BCUT2D eigenvalue weighted by Gasteiger charge is 2.25. The normalized spacial score (nSPS) is 21.4. The van der Waals surface area contributed by atoms with Gasteiger partial charge in [0, 0.05) is 0 Å². The van der Waals surface area contributed by atoms with Gasteiger partial charge in [0.2, 0.25) is 0 Å². The van der Waals surface area contributed by atoms with Crippen molar-refractivity contribution in [3.8, 4) is 0 Å². The summed E-state index contributed by atoms with van der Waals surface area (Å²) in [5.74, 6) is 0. The first-order valence-electron chi connectivity index (χ1n) is 18.7. The second kappa shape index (κ2) is 33.9. The standard InChI is InChI=1S/C34H68O22/c1-23(51-12-25(42)3-36)34(45)22-49-10-26(43)9-48-17-33(56-30(7-40)14-46-8-24(41)2-35)18-50-16-31(55-21-32-20-53-29(6-39)19-54-32)15-47-11-27(44)13-52-28(4-37)5-38/h23-45H,2-22H2,1H3/t23-,24?,25?,26?,27?,29?,30?,31?,32?,33?,34?/m0/s1. The summed E-state index contributed by atoms with van der Waals surface area (Å²) >= 11 is 0. The predicted molar refractivity (Wildman–Crippen MR) is 190 cm³/mol. The van der Waals surface area contributed by atoms with Crippen molar-refractivity contribution in [2.75, 3.05) is 139 Å². The molecule has 56 heavy (non-hydrogen) atoms. The third-order valence-electron chi connectivity index (χ3n) is 7.84. The molecule has 1 aliphatic rings. The first kappa shape index (κ1) is 53.1. The summed E-state index contributed by atoms with van der Waals surface area (Å²) in [6.07, 6.45) is -10.3. The van der Waals surface area contributed by atoms with Crippen molar-refractivity contribution < 1.29 is 108 Å². The molecule has 1 saturated heterocycles. The Bertz CT molecular complexity index is 870. The van der Waals surface area contributed by atoms with E-state index in [4.69, 9.17) is 72.5 Å². The van der Waals surface area contributed by atoms with E-state index in [0.29, 0.717) is 0 Å².